The van der Waals surface area contributed by atoms with E-state index in [1.165, 1.54) is 17.5 Å². The molecule has 5 nitrogen and oxygen atoms in total. The minimum absolute atomic E-state index is 0.421. The van der Waals surface area contributed by atoms with Crippen LogP contribution in [0.15, 0.2) is 34.9 Å². The molecular formula is C15H15BrN2O3S. The van der Waals surface area contributed by atoms with Crippen LogP contribution in [0.5, 0.6) is 0 Å². The lowest BCUT2D eigenvalue weighted by Gasteiger charge is -2.14. The molecule has 2 aromatic rings. The first kappa shape index (κ1) is 16.6. The summed E-state index contributed by atoms with van der Waals surface area (Å²) in [6.45, 7) is 2.04. The Bertz CT molecular complexity index is 670. The summed E-state index contributed by atoms with van der Waals surface area (Å²) in [5.74, 6) is -1.52. The Labute approximate surface area is 140 Å². The van der Waals surface area contributed by atoms with Crippen LogP contribution in [-0.2, 0) is 11.2 Å². The number of nitrogens with zero attached hydrogens (tertiary/aromatic N) is 1. The number of amides is 1. The van der Waals surface area contributed by atoms with Crippen molar-refractivity contribution in [3.8, 4) is 0 Å². The predicted molar refractivity (Wildman–Crippen MR) is 88.1 cm³/mol. The zero-order valence-electron chi connectivity index (χ0n) is 11.9. The first-order valence-corrected chi connectivity index (χ1v) is 8.36. The minimum atomic E-state index is -1.10. The van der Waals surface area contributed by atoms with E-state index in [1.54, 1.807) is 24.3 Å². The van der Waals surface area contributed by atoms with E-state index in [4.69, 9.17) is 0 Å². The van der Waals surface area contributed by atoms with Crippen molar-refractivity contribution in [2.45, 2.75) is 25.8 Å². The molecule has 0 bridgehead atoms. The largest absolute Gasteiger partial charge is 0.479 e. The van der Waals surface area contributed by atoms with Gasteiger partial charge in [0.05, 0.1) is 11.2 Å². The summed E-state index contributed by atoms with van der Waals surface area (Å²) < 4.78 is 0.846. The molecule has 116 valence electrons. The standard InChI is InChI=1S/C15H15BrN2O3S/c1-2-3-12-17-8-11(22-12)14(19)18-13(15(20)21)9-4-6-10(16)7-5-9/h4-8,13H,2-3H2,1H3,(H,18,19)(H,20,21). The van der Waals surface area contributed by atoms with Gasteiger partial charge in [-0.3, -0.25) is 4.79 Å². The number of carboxylic acid groups (broad SMARTS) is 1. The number of carbonyl (C=O) groups excluding carboxylic acids is 1. The van der Waals surface area contributed by atoms with Crippen LogP contribution in [-0.4, -0.2) is 22.0 Å². The van der Waals surface area contributed by atoms with Crippen LogP contribution in [0.3, 0.4) is 0 Å². The van der Waals surface area contributed by atoms with Gasteiger partial charge in [-0.1, -0.05) is 35.0 Å². The number of hydrogen-bond donors (Lipinski definition) is 2. The molecule has 0 fully saturated rings. The summed E-state index contributed by atoms with van der Waals surface area (Å²) >= 11 is 4.59. The van der Waals surface area contributed by atoms with Gasteiger partial charge in [0, 0.05) is 4.47 Å². The number of carbonyl (C=O) groups is 2. The van der Waals surface area contributed by atoms with Crippen LogP contribution in [0.4, 0.5) is 0 Å². The number of aromatic nitrogens is 1. The van der Waals surface area contributed by atoms with E-state index in [0.717, 1.165) is 22.3 Å². The molecule has 2 N–H and O–H groups in total. The van der Waals surface area contributed by atoms with E-state index in [-0.39, 0.29) is 0 Å². The monoisotopic (exact) mass is 382 g/mol. The fraction of sp³-hybridized carbons (Fsp3) is 0.267. The van der Waals surface area contributed by atoms with Crippen molar-refractivity contribution in [3.05, 3.63) is 50.4 Å². The third kappa shape index (κ3) is 4.14. The summed E-state index contributed by atoms with van der Waals surface area (Å²) in [4.78, 5) is 28.2. The molecule has 1 atom stereocenters. The molecule has 0 radical (unpaired) electrons. The van der Waals surface area contributed by atoms with Gasteiger partial charge in [-0.05, 0) is 30.5 Å². The normalized spacial score (nSPS) is 11.9. The van der Waals surface area contributed by atoms with E-state index >= 15 is 0 Å². The predicted octanol–water partition coefficient (Wildman–Crippen LogP) is 3.41. The summed E-state index contributed by atoms with van der Waals surface area (Å²) in [5.41, 5.74) is 0.516. The van der Waals surface area contributed by atoms with Crippen molar-refractivity contribution in [3.63, 3.8) is 0 Å². The Hall–Kier alpha value is -1.73. The summed E-state index contributed by atoms with van der Waals surface area (Å²) in [7, 11) is 0. The Morgan fingerprint density at radius 2 is 2.05 bits per heavy atom. The zero-order chi connectivity index (χ0) is 16.1. The number of halogens is 1. The fourth-order valence-electron chi connectivity index (χ4n) is 1.89. The number of hydrogen-bond acceptors (Lipinski definition) is 4. The van der Waals surface area contributed by atoms with Gasteiger partial charge in [0.25, 0.3) is 5.91 Å². The van der Waals surface area contributed by atoms with Crippen molar-refractivity contribution < 1.29 is 14.7 Å². The second kappa shape index (κ2) is 7.51. The van der Waals surface area contributed by atoms with Crippen LogP contribution < -0.4 is 5.32 Å². The topological polar surface area (TPSA) is 79.3 Å². The Morgan fingerprint density at radius 1 is 1.36 bits per heavy atom. The highest BCUT2D eigenvalue weighted by atomic mass is 79.9. The Balaban J connectivity index is 2.14. The van der Waals surface area contributed by atoms with E-state index in [1.807, 2.05) is 6.92 Å². The number of nitrogens with one attached hydrogen (secondary N) is 1. The highest BCUT2D eigenvalue weighted by molar-refractivity contribution is 9.10. The number of carboxylic acids is 1. The molecule has 0 saturated heterocycles. The van der Waals surface area contributed by atoms with Gasteiger partial charge in [-0.15, -0.1) is 11.3 Å². The Kier molecular flexibility index (Phi) is 5.68. The van der Waals surface area contributed by atoms with Gasteiger partial charge in [0.1, 0.15) is 4.88 Å². The quantitative estimate of drug-likeness (QED) is 0.801. The van der Waals surface area contributed by atoms with Gasteiger partial charge >= 0.3 is 5.97 Å². The van der Waals surface area contributed by atoms with Crippen molar-refractivity contribution >= 4 is 39.1 Å². The molecule has 1 unspecified atom stereocenters. The maximum Gasteiger partial charge on any atom is 0.330 e. The zero-order valence-corrected chi connectivity index (χ0v) is 14.3. The molecule has 1 aromatic heterocycles. The molecule has 7 heteroatoms. The maximum absolute atomic E-state index is 12.2. The highest BCUT2D eigenvalue weighted by Crippen LogP contribution is 2.20. The molecular weight excluding hydrogens is 368 g/mol. The molecule has 0 aliphatic heterocycles. The van der Waals surface area contributed by atoms with E-state index in [9.17, 15) is 14.7 Å². The second-order valence-electron chi connectivity index (χ2n) is 4.66. The van der Waals surface area contributed by atoms with Gasteiger partial charge in [-0.25, -0.2) is 9.78 Å². The van der Waals surface area contributed by atoms with Crippen LogP contribution in [0.2, 0.25) is 0 Å². The molecule has 0 aliphatic rings. The van der Waals surface area contributed by atoms with E-state index < -0.39 is 17.9 Å². The molecule has 1 aromatic carbocycles. The minimum Gasteiger partial charge on any atom is -0.479 e. The number of benzene rings is 1. The molecule has 1 amide bonds. The third-order valence-corrected chi connectivity index (χ3v) is 4.55. The van der Waals surface area contributed by atoms with Crippen molar-refractivity contribution in [2.75, 3.05) is 0 Å². The molecule has 0 spiro atoms. The summed E-state index contributed by atoms with van der Waals surface area (Å²) in [6.07, 6.45) is 3.25. The molecule has 0 aliphatic carbocycles. The van der Waals surface area contributed by atoms with Crippen LogP contribution >= 0.6 is 27.3 Å². The first-order valence-electron chi connectivity index (χ1n) is 6.75. The molecule has 0 saturated carbocycles. The lowest BCUT2D eigenvalue weighted by molar-refractivity contribution is -0.139. The number of rotatable bonds is 6. The van der Waals surface area contributed by atoms with Crippen molar-refractivity contribution in [1.29, 1.82) is 0 Å². The van der Waals surface area contributed by atoms with Crippen LogP contribution in [0.1, 0.15) is 39.6 Å². The van der Waals surface area contributed by atoms with E-state index in [2.05, 4.69) is 26.2 Å². The highest BCUT2D eigenvalue weighted by Gasteiger charge is 2.23. The van der Waals surface area contributed by atoms with Crippen LogP contribution in [0, 0.1) is 0 Å². The summed E-state index contributed by atoms with van der Waals surface area (Å²) in [6, 6.07) is 5.72. The maximum atomic E-state index is 12.2. The molecule has 2 rings (SSSR count). The average Bonchev–Trinajstić information content (AvgIpc) is 2.94. The lowest BCUT2D eigenvalue weighted by atomic mass is 10.1. The van der Waals surface area contributed by atoms with Gasteiger partial charge in [0.2, 0.25) is 0 Å². The fourth-order valence-corrected chi connectivity index (χ4v) is 3.08. The summed E-state index contributed by atoms with van der Waals surface area (Å²) in [5, 5.41) is 12.8. The van der Waals surface area contributed by atoms with E-state index in [0.29, 0.717) is 10.4 Å². The molecule has 22 heavy (non-hydrogen) atoms. The number of aryl methyl sites for hydroxylation is 1. The second-order valence-corrected chi connectivity index (χ2v) is 6.70. The van der Waals surface area contributed by atoms with Crippen molar-refractivity contribution in [1.82, 2.24) is 10.3 Å². The SMILES string of the molecule is CCCc1ncc(C(=O)NC(C(=O)O)c2ccc(Br)cc2)s1. The number of thiazole rings is 1. The number of aliphatic carboxylic acids is 1. The molecule has 1 heterocycles. The smallest absolute Gasteiger partial charge is 0.330 e. The van der Waals surface area contributed by atoms with Gasteiger partial charge in [0.15, 0.2) is 6.04 Å². The van der Waals surface area contributed by atoms with Crippen molar-refractivity contribution in [2.24, 2.45) is 0 Å². The lowest BCUT2D eigenvalue weighted by Crippen LogP contribution is -2.33. The van der Waals surface area contributed by atoms with Gasteiger partial charge < -0.3 is 10.4 Å². The van der Waals surface area contributed by atoms with Gasteiger partial charge in [-0.2, -0.15) is 0 Å². The third-order valence-electron chi connectivity index (χ3n) is 2.97. The first-order chi connectivity index (χ1) is 10.5. The Morgan fingerprint density at radius 3 is 2.64 bits per heavy atom. The average molecular weight is 383 g/mol. The van der Waals surface area contributed by atoms with Crippen LogP contribution in [0.25, 0.3) is 0 Å².